The van der Waals surface area contributed by atoms with E-state index in [0.717, 1.165) is 68.3 Å². The molecule has 1 amide bonds. The van der Waals surface area contributed by atoms with E-state index in [1.165, 1.54) is 5.69 Å². The molecule has 1 atom stereocenters. The standard InChI is InChI=1S/C22H26ClN3O/c23-17-6-5-7-18(16-17)26-14-12-25(13-15-26)11-4-3-9-20-19-8-1-2-10-21(19)24-22(20)27/h1-2,5-8,10,16,20H,3-4,9,11-15H2,(H,24,27). The zero-order valence-corrected chi connectivity index (χ0v) is 16.3. The maximum Gasteiger partial charge on any atom is 0.232 e. The van der Waals surface area contributed by atoms with Crippen molar-refractivity contribution in [3.8, 4) is 0 Å². The van der Waals surface area contributed by atoms with Gasteiger partial charge in [-0.2, -0.15) is 0 Å². The molecule has 0 saturated carbocycles. The number of carbonyl (C=O) groups is 1. The Morgan fingerprint density at radius 3 is 2.63 bits per heavy atom. The molecule has 0 aliphatic carbocycles. The first-order valence-electron chi connectivity index (χ1n) is 9.83. The zero-order chi connectivity index (χ0) is 18.6. The van der Waals surface area contributed by atoms with Crippen LogP contribution in [0.25, 0.3) is 0 Å². The Hall–Kier alpha value is -2.04. The van der Waals surface area contributed by atoms with E-state index in [9.17, 15) is 4.79 Å². The molecule has 0 aromatic heterocycles. The number of halogens is 1. The average Bonchev–Trinajstić information content (AvgIpc) is 3.01. The summed E-state index contributed by atoms with van der Waals surface area (Å²) in [5, 5.41) is 3.80. The highest BCUT2D eigenvalue weighted by molar-refractivity contribution is 6.30. The van der Waals surface area contributed by atoms with Gasteiger partial charge in [0, 0.05) is 42.6 Å². The quantitative estimate of drug-likeness (QED) is 0.752. The Morgan fingerprint density at radius 1 is 1.00 bits per heavy atom. The third kappa shape index (κ3) is 4.28. The number of piperazine rings is 1. The number of nitrogens with one attached hydrogen (secondary N) is 1. The third-order valence-corrected chi connectivity index (χ3v) is 5.91. The van der Waals surface area contributed by atoms with Crippen LogP contribution < -0.4 is 10.2 Å². The summed E-state index contributed by atoms with van der Waals surface area (Å²) in [4.78, 5) is 17.1. The zero-order valence-electron chi connectivity index (χ0n) is 15.5. The number of unbranched alkanes of at least 4 members (excludes halogenated alkanes) is 1. The molecule has 2 aliphatic rings. The largest absolute Gasteiger partial charge is 0.369 e. The number of rotatable bonds is 6. The number of hydrogen-bond donors (Lipinski definition) is 1. The van der Waals surface area contributed by atoms with Crippen LogP contribution in [0.5, 0.6) is 0 Å². The van der Waals surface area contributed by atoms with Gasteiger partial charge in [0.1, 0.15) is 0 Å². The number of carbonyl (C=O) groups excluding carboxylic acids is 1. The van der Waals surface area contributed by atoms with Crippen LogP contribution in [-0.2, 0) is 4.79 Å². The molecule has 27 heavy (non-hydrogen) atoms. The van der Waals surface area contributed by atoms with Gasteiger partial charge in [-0.15, -0.1) is 0 Å². The van der Waals surface area contributed by atoms with E-state index in [-0.39, 0.29) is 11.8 Å². The maximum absolute atomic E-state index is 12.2. The predicted octanol–water partition coefficient (Wildman–Crippen LogP) is 4.37. The number of para-hydroxylation sites is 1. The second-order valence-electron chi connectivity index (χ2n) is 7.43. The fraction of sp³-hybridized carbons (Fsp3) is 0.409. The van der Waals surface area contributed by atoms with Crippen molar-refractivity contribution < 1.29 is 4.79 Å². The summed E-state index contributed by atoms with van der Waals surface area (Å²) in [6.45, 7) is 5.36. The predicted molar refractivity (Wildman–Crippen MR) is 112 cm³/mol. The summed E-state index contributed by atoms with van der Waals surface area (Å²) < 4.78 is 0. The van der Waals surface area contributed by atoms with Crippen molar-refractivity contribution in [2.75, 3.05) is 42.9 Å². The summed E-state index contributed by atoms with van der Waals surface area (Å²) in [5.41, 5.74) is 3.37. The molecule has 4 nitrogen and oxygen atoms in total. The van der Waals surface area contributed by atoms with Crippen molar-refractivity contribution in [1.82, 2.24) is 4.90 Å². The lowest BCUT2D eigenvalue weighted by atomic mass is 9.95. The van der Waals surface area contributed by atoms with Gasteiger partial charge in [0.05, 0.1) is 5.92 Å². The fourth-order valence-corrected chi connectivity index (χ4v) is 4.33. The molecular weight excluding hydrogens is 358 g/mol. The Kier molecular flexibility index (Phi) is 5.65. The molecule has 2 aliphatic heterocycles. The van der Waals surface area contributed by atoms with Gasteiger partial charge in [0.15, 0.2) is 0 Å². The van der Waals surface area contributed by atoms with Crippen LogP contribution in [0.2, 0.25) is 5.02 Å². The molecule has 142 valence electrons. The minimum Gasteiger partial charge on any atom is -0.369 e. The first-order valence-corrected chi connectivity index (χ1v) is 10.2. The number of anilines is 2. The van der Waals surface area contributed by atoms with Crippen LogP contribution in [-0.4, -0.2) is 43.5 Å². The fourth-order valence-electron chi connectivity index (χ4n) is 4.15. The Bertz CT molecular complexity index is 802. The van der Waals surface area contributed by atoms with E-state index in [0.29, 0.717) is 0 Å². The second-order valence-corrected chi connectivity index (χ2v) is 7.87. The third-order valence-electron chi connectivity index (χ3n) is 5.67. The number of hydrogen-bond acceptors (Lipinski definition) is 3. The van der Waals surface area contributed by atoms with E-state index in [4.69, 9.17) is 11.6 Å². The topological polar surface area (TPSA) is 35.6 Å². The summed E-state index contributed by atoms with van der Waals surface area (Å²) in [5.74, 6) is 0.187. The van der Waals surface area contributed by atoms with Gasteiger partial charge in [-0.3, -0.25) is 9.69 Å². The van der Waals surface area contributed by atoms with Gasteiger partial charge in [-0.05, 0) is 49.2 Å². The van der Waals surface area contributed by atoms with Gasteiger partial charge in [-0.25, -0.2) is 0 Å². The normalized spacial score (nSPS) is 19.8. The molecule has 1 saturated heterocycles. The monoisotopic (exact) mass is 383 g/mol. The highest BCUT2D eigenvalue weighted by atomic mass is 35.5. The molecule has 2 heterocycles. The second kappa shape index (κ2) is 8.32. The molecule has 0 bridgehead atoms. The maximum atomic E-state index is 12.2. The molecule has 2 aromatic carbocycles. The van der Waals surface area contributed by atoms with Crippen molar-refractivity contribution in [3.05, 3.63) is 59.1 Å². The van der Waals surface area contributed by atoms with Crippen LogP contribution >= 0.6 is 11.6 Å². The molecule has 0 radical (unpaired) electrons. The first kappa shape index (κ1) is 18.3. The van der Waals surface area contributed by atoms with Gasteiger partial charge >= 0.3 is 0 Å². The minimum atomic E-state index is 0.0286. The SMILES string of the molecule is O=C1Nc2ccccc2C1CCCCN1CCN(c2cccc(Cl)c2)CC1. The Balaban J connectivity index is 1.20. The summed E-state index contributed by atoms with van der Waals surface area (Å²) >= 11 is 6.11. The smallest absolute Gasteiger partial charge is 0.232 e. The number of benzene rings is 2. The van der Waals surface area contributed by atoms with Crippen LogP contribution in [0.15, 0.2) is 48.5 Å². The van der Waals surface area contributed by atoms with Gasteiger partial charge < -0.3 is 10.2 Å². The molecular formula is C22H26ClN3O. The van der Waals surface area contributed by atoms with E-state index in [1.807, 2.05) is 36.4 Å². The summed E-state index contributed by atoms with van der Waals surface area (Å²) in [6.07, 6.45) is 3.16. The average molecular weight is 384 g/mol. The Morgan fingerprint density at radius 2 is 1.81 bits per heavy atom. The number of amides is 1. The van der Waals surface area contributed by atoms with Crippen LogP contribution in [0.3, 0.4) is 0 Å². The molecule has 1 unspecified atom stereocenters. The van der Waals surface area contributed by atoms with Crippen molar-refractivity contribution in [2.45, 2.75) is 25.2 Å². The highest BCUT2D eigenvalue weighted by Crippen LogP contribution is 2.35. The molecule has 0 spiro atoms. The minimum absolute atomic E-state index is 0.0286. The van der Waals surface area contributed by atoms with Gasteiger partial charge in [0.25, 0.3) is 0 Å². The van der Waals surface area contributed by atoms with E-state index in [2.05, 4.69) is 27.2 Å². The van der Waals surface area contributed by atoms with Crippen LogP contribution in [0.4, 0.5) is 11.4 Å². The molecule has 1 N–H and O–H groups in total. The highest BCUT2D eigenvalue weighted by Gasteiger charge is 2.29. The Labute approximate surface area is 166 Å². The molecule has 2 aromatic rings. The van der Waals surface area contributed by atoms with E-state index >= 15 is 0 Å². The summed E-state index contributed by atoms with van der Waals surface area (Å²) in [6, 6.07) is 16.2. The van der Waals surface area contributed by atoms with Crippen LogP contribution in [0.1, 0.15) is 30.7 Å². The lowest BCUT2D eigenvalue weighted by Crippen LogP contribution is -2.46. The number of nitrogens with zero attached hydrogens (tertiary/aromatic N) is 2. The molecule has 1 fully saturated rings. The van der Waals surface area contributed by atoms with Gasteiger partial charge in [0.2, 0.25) is 5.91 Å². The lowest BCUT2D eigenvalue weighted by Gasteiger charge is -2.36. The van der Waals surface area contributed by atoms with E-state index in [1.54, 1.807) is 0 Å². The van der Waals surface area contributed by atoms with Crippen molar-refractivity contribution in [2.24, 2.45) is 0 Å². The van der Waals surface area contributed by atoms with Crippen molar-refractivity contribution in [3.63, 3.8) is 0 Å². The summed E-state index contributed by atoms with van der Waals surface area (Å²) in [7, 11) is 0. The van der Waals surface area contributed by atoms with E-state index < -0.39 is 0 Å². The van der Waals surface area contributed by atoms with Crippen molar-refractivity contribution in [1.29, 1.82) is 0 Å². The lowest BCUT2D eigenvalue weighted by molar-refractivity contribution is -0.117. The molecule has 5 heteroatoms. The first-order chi connectivity index (χ1) is 13.2. The van der Waals surface area contributed by atoms with Gasteiger partial charge in [-0.1, -0.05) is 42.3 Å². The van der Waals surface area contributed by atoms with Crippen molar-refractivity contribution >= 4 is 28.9 Å². The van der Waals surface area contributed by atoms with Crippen LogP contribution in [0, 0.1) is 0 Å². The number of fused-ring (bicyclic) bond motifs is 1. The molecule has 4 rings (SSSR count).